The van der Waals surface area contributed by atoms with Crippen molar-refractivity contribution in [1.82, 2.24) is 10.2 Å². The Labute approximate surface area is 122 Å². The van der Waals surface area contributed by atoms with Gasteiger partial charge in [-0.25, -0.2) is 9.59 Å². The van der Waals surface area contributed by atoms with Crippen LogP contribution in [0.4, 0.5) is 4.79 Å². The Balaban J connectivity index is 2.00. The normalized spacial score (nSPS) is 26.6. The molecule has 1 heterocycles. The minimum Gasteiger partial charge on any atom is -0.480 e. The van der Waals surface area contributed by atoms with E-state index in [4.69, 9.17) is 15.6 Å². The summed E-state index contributed by atoms with van der Waals surface area (Å²) in [6.07, 6.45) is 3.48. The Morgan fingerprint density at radius 1 is 1.33 bits per heavy atom. The Morgan fingerprint density at radius 3 is 2.71 bits per heavy atom. The number of fused-ring (bicyclic) bond motifs is 1. The quantitative estimate of drug-likeness (QED) is 0.656. The summed E-state index contributed by atoms with van der Waals surface area (Å²) in [6, 6.07) is -1.78. The number of ether oxygens (including phenoxy) is 1. The van der Waals surface area contributed by atoms with E-state index in [1.54, 1.807) is 4.90 Å². The summed E-state index contributed by atoms with van der Waals surface area (Å²) in [5.74, 6) is -2.03. The summed E-state index contributed by atoms with van der Waals surface area (Å²) in [7, 11) is 0. The summed E-state index contributed by atoms with van der Waals surface area (Å²) < 4.78 is 5.67. The minimum atomic E-state index is -1.29. The van der Waals surface area contributed by atoms with E-state index in [0.29, 0.717) is 13.2 Å². The molecule has 8 nitrogen and oxygen atoms in total. The van der Waals surface area contributed by atoms with Gasteiger partial charge in [0.15, 0.2) is 0 Å². The number of carbonyl (C=O) groups is 3. The molecule has 0 radical (unpaired) electrons. The number of nitrogens with one attached hydrogen (secondary N) is 1. The third-order valence-corrected chi connectivity index (χ3v) is 3.99. The van der Waals surface area contributed by atoms with Crippen molar-refractivity contribution in [3.63, 3.8) is 0 Å². The maximum Gasteiger partial charge on any atom is 0.326 e. The number of carbonyl (C=O) groups excluding carboxylic acids is 2. The van der Waals surface area contributed by atoms with Crippen molar-refractivity contribution < 1.29 is 24.2 Å². The Hall–Kier alpha value is -1.83. The van der Waals surface area contributed by atoms with Crippen LogP contribution in [-0.4, -0.2) is 59.3 Å². The molecule has 3 atom stereocenters. The molecule has 0 bridgehead atoms. The second kappa shape index (κ2) is 6.75. The fourth-order valence-corrected chi connectivity index (χ4v) is 2.98. The zero-order valence-electron chi connectivity index (χ0n) is 11.8. The van der Waals surface area contributed by atoms with Crippen LogP contribution in [0.2, 0.25) is 0 Å². The second-order valence-electron chi connectivity index (χ2n) is 5.47. The lowest BCUT2D eigenvalue weighted by atomic mass is 9.90. The molecule has 21 heavy (non-hydrogen) atoms. The minimum absolute atomic E-state index is 0.0180. The number of carboxylic acid groups (broad SMARTS) is 1. The van der Waals surface area contributed by atoms with Crippen LogP contribution in [0.1, 0.15) is 32.1 Å². The van der Waals surface area contributed by atoms with Gasteiger partial charge in [-0.2, -0.15) is 0 Å². The van der Waals surface area contributed by atoms with Crippen LogP contribution in [0.25, 0.3) is 0 Å². The largest absolute Gasteiger partial charge is 0.480 e. The molecule has 3 amide bonds. The number of morpholine rings is 1. The predicted octanol–water partition coefficient (Wildman–Crippen LogP) is -0.332. The van der Waals surface area contributed by atoms with Gasteiger partial charge in [-0.15, -0.1) is 0 Å². The first-order valence-corrected chi connectivity index (χ1v) is 7.19. The Morgan fingerprint density at radius 2 is 2.05 bits per heavy atom. The lowest BCUT2D eigenvalue weighted by Gasteiger charge is -2.43. The van der Waals surface area contributed by atoms with E-state index in [9.17, 15) is 14.4 Å². The number of hydrogen-bond acceptors (Lipinski definition) is 4. The van der Waals surface area contributed by atoms with E-state index in [-0.39, 0.29) is 12.1 Å². The molecule has 2 aliphatic rings. The highest BCUT2D eigenvalue weighted by Crippen LogP contribution is 2.28. The highest BCUT2D eigenvalue weighted by atomic mass is 16.5. The summed E-state index contributed by atoms with van der Waals surface area (Å²) >= 11 is 0. The van der Waals surface area contributed by atoms with E-state index >= 15 is 0 Å². The highest BCUT2D eigenvalue weighted by Gasteiger charge is 2.37. The van der Waals surface area contributed by atoms with Gasteiger partial charge in [0.25, 0.3) is 0 Å². The summed E-state index contributed by atoms with van der Waals surface area (Å²) in [6.45, 7) is 0.873. The van der Waals surface area contributed by atoms with Gasteiger partial charge in [0.1, 0.15) is 6.04 Å². The fourth-order valence-electron chi connectivity index (χ4n) is 2.98. The first-order valence-electron chi connectivity index (χ1n) is 7.19. The van der Waals surface area contributed by atoms with Crippen molar-refractivity contribution in [1.29, 1.82) is 0 Å². The molecular formula is C13H21N3O5. The number of nitrogens with two attached hydrogens (primary N) is 1. The van der Waals surface area contributed by atoms with Gasteiger partial charge >= 0.3 is 12.0 Å². The topological polar surface area (TPSA) is 122 Å². The van der Waals surface area contributed by atoms with Gasteiger partial charge in [-0.05, 0) is 12.8 Å². The van der Waals surface area contributed by atoms with Gasteiger partial charge in [0.05, 0.1) is 25.2 Å². The number of nitrogens with zero attached hydrogens (tertiary/aromatic N) is 1. The van der Waals surface area contributed by atoms with E-state index in [1.165, 1.54) is 0 Å². The average molecular weight is 299 g/mol. The predicted molar refractivity (Wildman–Crippen MR) is 72.5 cm³/mol. The number of rotatable bonds is 4. The van der Waals surface area contributed by atoms with Crippen molar-refractivity contribution in [3.8, 4) is 0 Å². The molecule has 1 aliphatic heterocycles. The van der Waals surface area contributed by atoms with Crippen LogP contribution in [0.3, 0.4) is 0 Å². The second-order valence-corrected chi connectivity index (χ2v) is 5.47. The molecule has 0 aromatic carbocycles. The van der Waals surface area contributed by atoms with Gasteiger partial charge in [-0.1, -0.05) is 12.8 Å². The van der Waals surface area contributed by atoms with Crippen LogP contribution >= 0.6 is 0 Å². The zero-order valence-corrected chi connectivity index (χ0v) is 11.8. The monoisotopic (exact) mass is 299 g/mol. The SMILES string of the molecule is NC(=O)C[C@@H](NC(=O)N1CCOC2CCCCC21)C(=O)O. The Kier molecular flexibility index (Phi) is 5.00. The lowest BCUT2D eigenvalue weighted by Crippen LogP contribution is -2.59. The maximum absolute atomic E-state index is 12.3. The van der Waals surface area contributed by atoms with Crippen LogP contribution < -0.4 is 11.1 Å². The van der Waals surface area contributed by atoms with E-state index in [1.807, 2.05) is 0 Å². The fraction of sp³-hybridized carbons (Fsp3) is 0.769. The smallest absolute Gasteiger partial charge is 0.326 e. The van der Waals surface area contributed by atoms with Crippen molar-refractivity contribution >= 4 is 17.9 Å². The molecule has 4 N–H and O–H groups in total. The average Bonchev–Trinajstić information content (AvgIpc) is 2.45. The molecule has 1 saturated carbocycles. The van der Waals surface area contributed by atoms with Crippen molar-refractivity contribution in [2.45, 2.75) is 50.3 Å². The molecule has 0 aromatic heterocycles. The molecule has 118 valence electrons. The molecule has 1 saturated heterocycles. The van der Waals surface area contributed by atoms with Gasteiger partial charge in [0.2, 0.25) is 5.91 Å². The summed E-state index contributed by atoms with van der Waals surface area (Å²) in [5.41, 5.74) is 5.00. The third-order valence-electron chi connectivity index (χ3n) is 3.99. The van der Waals surface area contributed by atoms with Crippen LogP contribution in [-0.2, 0) is 14.3 Å². The number of hydrogen-bond donors (Lipinski definition) is 3. The molecule has 8 heteroatoms. The maximum atomic E-state index is 12.3. The summed E-state index contributed by atoms with van der Waals surface area (Å²) in [4.78, 5) is 35.9. The molecule has 1 aliphatic carbocycles. The first kappa shape index (κ1) is 15.6. The Bertz CT molecular complexity index is 426. The van der Waals surface area contributed by atoms with E-state index in [0.717, 1.165) is 25.7 Å². The number of carboxylic acids is 1. The third kappa shape index (κ3) is 3.84. The van der Waals surface area contributed by atoms with Crippen LogP contribution in [0.5, 0.6) is 0 Å². The van der Waals surface area contributed by atoms with Gasteiger partial charge in [0, 0.05) is 6.54 Å². The van der Waals surface area contributed by atoms with E-state index in [2.05, 4.69) is 5.32 Å². The van der Waals surface area contributed by atoms with E-state index < -0.39 is 30.4 Å². The van der Waals surface area contributed by atoms with Gasteiger partial charge in [-0.3, -0.25) is 4.79 Å². The first-order chi connectivity index (χ1) is 9.99. The lowest BCUT2D eigenvalue weighted by molar-refractivity contribution is -0.141. The summed E-state index contributed by atoms with van der Waals surface area (Å²) in [5, 5.41) is 11.4. The molecular weight excluding hydrogens is 278 g/mol. The molecule has 2 rings (SSSR count). The van der Waals surface area contributed by atoms with Crippen LogP contribution in [0.15, 0.2) is 0 Å². The van der Waals surface area contributed by atoms with Crippen molar-refractivity contribution in [2.75, 3.05) is 13.2 Å². The molecule has 0 spiro atoms. The number of aliphatic carboxylic acids is 1. The number of urea groups is 1. The van der Waals surface area contributed by atoms with Crippen molar-refractivity contribution in [2.24, 2.45) is 5.73 Å². The van der Waals surface area contributed by atoms with Crippen molar-refractivity contribution in [3.05, 3.63) is 0 Å². The number of amides is 3. The van der Waals surface area contributed by atoms with Crippen LogP contribution in [0, 0.1) is 0 Å². The molecule has 2 unspecified atom stereocenters. The standard InChI is InChI=1S/C13H21N3O5/c14-11(17)7-8(12(18)19)15-13(20)16-5-6-21-10-4-2-1-3-9(10)16/h8-10H,1-7H2,(H2,14,17)(H,15,20)(H,18,19)/t8-,9?,10?/m1/s1. The zero-order chi connectivity index (χ0) is 15.4. The molecule has 0 aromatic rings. The number of primary amides is 1. The highest BCUT2D eigenvalue weighted by molar-refractivity contribution is 5.87. The molecule has 2 fully saturated rings. The van der Waals surface area contributed by atoms with Gasteiger partial charge < -0.3 is 25.8 Å².